The highest BCUT2D eigenvalue weighted by molar-refractivity contribution is 9.09. The van der Waals surface area contributed by atoms with Crippen molar-refractivity contribution in [3.05, 3.63) is 46.4 Å². The molecule has 0 aliphatic rings. The molecule has 0 saturated heterocycles. The number of aromatic nitrogens is 1. The Kier molecular flexibility index (Phi) is 3.21. The van der Waals surface area contributed by atoms with Gasteiger partial charge in [0, 0.05) is 16.4 Å². The van der Waals surface area contributed by atoms with E-state index in [0.29, 0.717) is 0 Å². The number of aryl methyl sites for hydroxylation is 1. The standard InChI is InChI=1S/C12H12BrNO/c13-7-3-5-10-8-9-4-1-2-6-11(9)12(15)14-10/h1-2,4,6,8H,3,5,7H2,(H,14,15). The van der Waals surface area contributed by atoms with E-state index in [2.05, 4.69) is 27.0 Å². The second kappa shape index (κ2) is 4.62. The second-order valence-corrected chi connectivity index (χ2v) is 4.30. The van der Waals surface area contributed by atoms with Gasteiger partial charge >= 0.3 is 0 Å². The van der Waals surface area contributed by atoms with Gasteiger partial charge in [0.2, 0.25) is 0 Å². The van der Waals surface area contributed by atoms with Crippen molar-refractivity contribution < 1.29 is 0 Å². The molecule has 0 aliphatic carbocycles. The molecule has 2 nitrogen and oxygen atoms in total. The minimum Gasteiger partial charge on any atom is -0.326 e. The van der Waals surface area contributed by atoms with Crippen LogP contribution < -0.4 is 5.56 Å². The van der Waals surface area contributed by atoms with Gasteiger partial charge in [-0.25, -0.2) is 0 Å². The molecule has 2 aromatic rings. The molecule has 0 spiro atoms. The van der Waals surface area contributed by atoms with Crippen molar-refractivity contribution in [1.29, 1.82) is 0 Å². The fraction of sp³-hybridized carbons (Fsp3) is 0.250. The van der Waals surface area contributed by atoms with Crippen LogP contribution in [0.5, 0.6) is 0 Å². The molecule has 2 rings (SSSR count). The maximum atomic E-state index is 11.7. The molecule has 1 N–H and O–H groups in total. The van der Waals surface area contributed by atoms with E-state index < -0.39 is 0 Å². The number of hydrogen-bond acceptors (Lipinski definition) is 1. The highest BCUT2D eigenvalue weighted by atomic mass is 79.9. The van der Waals surface area contributed by atoms with Gasteiger partial charge in [-0.3, -0.25) is 4.79 Å². The van der Waals surface area contributed by atoms with Gasteiger partial charge in [-0.1, -0.05) is 34.1 Å². The molecule has 15 heavy (non-hydrogen) atoms. The lowest BCUT2D eigenvalue weighted by Crippen LogP contribution is -2.09. The number of alkyl halides is 1. The largest absolute Gasteiger partial charge is 0.326 e. The lowest BCUT2D eigenvalue weighted by Gasteiger charge is -2.02. The van der Waals surface area contributed by atoms with Gasteiger partial charge in [-0.15, -0.1) is 0 Å². The van der Waals surface area contributed by atoms with Crippen molar-refractivity contribution in [2.75, 3.05) is 5.33 Å². The number of H-pyrrole nitrogens is 1. The molecule has 0 radical (unpaired) electrons. The topological polar surface area (TPSA) is 32.9 Å². The summed E-state index contributed by atoms with van der Waals surface area (Å²) in [6.45, 7) is 0. The predicted octanol–water partition coefficient (Wildman–Crippen LogP) is 2.86. The van der Waals surface area contributed by atoms with Crippen LogP contribution in [0.25, 0.3) is 10.8 Å². The molecule has 0 amide bonds. The number of nitrogens with one attached hydrogen (secondary N) is 1. The Morgan fingerprint density at radius 2 is 2.07 bits per heavy atom. The van der Waals surface area contributed by atoms with E-state index in [-0.39, 0.29) is 5.56 Å². The van der Waals surface area contributed by atoms with Crippen LogP contribution in [0.3, 0.4) is 0 Å². The fourth-order valence-corrected chi connectivity index (χ4v) is 1.94. The molecular formula is C12H12BrNO. The number of fused-ring (bicyclic) bond motifs is 1. The van der Waals surface area contributed by atoms with Crippen molar-refractivity contribution in [2.45, 2.75) is 12.8 Å². The van der Waals surface area contributed by atoms with E-state index in [1.165, 1.54) is 0 Å². The highest BCUT2D eigenvalue weighted by Gasteiger charge is 2.00. The van der Waals surface area contributed by atoms with E-state index in [1.807, 2.05) is 24.3 Å². The van der Waals surface area contributed by atoms with E-state index in [0.717, 1.165) is 34.6 Å². The summed E-state index contributed by atoms with van der Waals surface area (Å²) in [5.41, 5.74) is 1.02. The van der Waals surface area contributed by atoms with Crippen molar-refractivity contribution in [3.63, 3.8) is 0 Å². The second-order valence-electron chi connectivity index (χ2n) is 3.50. The zero-order valence-electron chi connectivity index (χ0n) is 8.29. The molecular weight excluding hydrogens is 254 g/mol. The number of hydrogen-bond donors (Lipinski definition) is 1. The Morgan fingerprint density at radius 1 is 1.27 bits per heavy atom. The van der Waals surface area contributed by atoms with Crippen molar-refractivity contribution in [1.82, 2.24) is 4.98 Å². The van der Waals surface area contributed by atoms with Crippen LogP contribution in [0.2, 0.25) is 0 Å². The smallest absolute Gasteiger partial charge is 0.256 e. The molecule has 0 atom stereocenters. The highest BCUT2D eigenvalue weighted by Crippen LogP contribution is 2.10. The molecule has 3 heteroatoms. The predicted molar refractivity (Wildman–Crippen MR) is 66.7 cm³/mol. The van der Waals surface area contributed by atoms with Gasteiger partial charge in [0.25, 0.3) is 5.56 Å². The summed E-state index contributed by atoms with van der Waals surface area (Å²) >= 11 is 3.38. The number of pyridine rings is 1. The van der Waals surface area contributed by atoms with Crippen molar-refractivity contribution >= 4 is 26.7 Å². The minimum atomic E-state index is 0.0117. The number of aromatic amines is 1. The van der Waals surface area contributed by atoms with Crippen LogP contribution in [0.15, 0.2) is 35.1 Å². The van der Waals surface area contributed by atoms with Gasteiger partial charge < -0.3 is 4.98 Å². The number of rotatable bonds is 3. The summed E-state index contributed by atoms with van der Waals surface area (Å²) in [5.74, 6) is 0. The zero-order valence-corrected chi connectivity index (χ0v) is 9.88. The minimum absolute atomic E-state index is 0.0117. The first-order valence-corrected chi connectivity index (χ1v) is 6.10. The molecule has 1 heterocycles. The molecule has 1 aromatic heterocycles. The Bertz CT molecular complexity index is 518. The maximum absolute atomic E-state index is 11.7. The van der Waals surface area contributed by atoms with Crippen LogP contribution in [0, 0.1) is 0 Å². The molecule has 0 saturated carbocycles. The average molecular weight is 266 g/mol. The van der Waals surface area contributed by atoms with Gasteiger partial charge in [0.15, 0.2) is 0 Å². The normalized spacial score (nSPS) is 10.7. The van der Waals surface area contributed by atoms with Crippen molar-refractivity contribution in [2.24, 2.45) is 0 Å². The number of halogens is 1. The van der Waals surface area contributed by atoms with E-state index in [9.17, 15) is 4.79 Å². The van der Waals surface area contributed by atoms with Gasteiger partial charge in [-0.2, -0.15) is 0 Å². The molecule has 0 aliphatic heterocycles. The summed E-state index contributed by atoms with van der Waals surface area (Å²) in [6.07, 6.45) is 1.94. The summed E-state index contributed by atoms with van der Waals surface area (Å²) in [6, 6.07) is 9.72. The summed E-state index contributed by atoms with van der Waals surface area (Å²) < 4.78 is 0. The van der Waals surface area contributed by atoms with Crippen LogP contribution >= 0.6 is 15.9 Å². The summed E-state index contributed by atoms with van der Waals surface area (Å²) in [5, 5.41) is 2.74. The molecule has 0 unspecified atom stereocenters. The van der Waals surface area contributed by atoms with E-state index >= 15 is 0 Å². The van der Waals surface area contributed by atoms with Crippen LogP contribution in [-0.4, -0.2) is 10.3 Å². The maximum Gasteiger partial charge on any atom is 0.256 e. The lowest BCUT2D eigenvalue weighted by molar-refractivity contribution is 0.893. The number of benzene rings is 1. The fourth-order valence-electron chi connectivity index (χ4n) is 1.66. The summed E-state index contributed by atoms with van der Waals surface area (Å²) in [7, 11) is 0. The summed E-state index contributed by atoms with van der Waals surface area (Å²) in [4.78, 5) is 14.6. The van der Waals surface area contributed by atoms with E-state index in [1.54, 1.807) is 0 Å². The quantitative estimate of drug-likeness (QED) is 0.851. The van der Waals surface area contributed by atoms with Crippen LogP contribution in [0.4, 0.5) is 0 Å². The van der Waals surface area contributed by atoms with Crippen molar-refractivity contribution in [3.8, 4) is 0 Å². The Hall–Kier alpha value is -1.09. The third-order valence-corrected chi connectivity index (χ3v) is 2.95. The third kappa shape index (κ3) is 2.29. The Balaban J connectivity index is 2.48. The SMILES string of the molecule is O=c1[nH]c(CCCBr)cc2ccccc12. The Morgan fingerprint density at radius 3 is 2.87 bits per heavy atom. The zero-order chi connectivity index (χ0) is 10.7. The lowest BCUT2D eigenvalue weighted by atomic mass is 10.1. The first kappa shape index (κ1) is 10.4. The van der Waals surface area contributed by atoms with Gasteiger partial charge in [-0.05, 0) is 30.4 Å². The van der Waals surface area contributed by atoms with Gasteiger partial charge in [0.05, 0.1) is 0 Å². The van der Waals surface area contributed by atoms with E-state index in [4.69, 9.17) is 0 Å². The monoisotopic (exact) mass is 265 g/mol. The molecule has 78 valence electrons. The van der Waals surface area contributed by atoms with Crippen LogP contribution in [0.1, 0.15) is 12.1 Å². The molecule has 1 aromatic carbocycles. The average Bonchev–Trinajstić information content (AvgIpc) is 2.26. The Labute approximate surface area is 96.5 Å². The van der Waals surface area contributed by atoms with Crippen LogP contribution in [-0.2, 0) is 6.42 Å². The first-order valence-electron chi connectivity index (χ1n) is 4.98. The molecule has 0 fully saturated rings. The first-order chi connectivity index (χ1) is 7.31. The van der Waals surface area contributed by atoms with Gasteiger partial charge in [0.1, 0.15) is 0 Å². The third-order valence-electron chi connectivity index (χ3n) is 2.39. The molecule has 0 bridgehead atoms.